The molecule has 0 radical (unpaired) electrons. The standard InChI is InChI=1S/C19H20FN3O2S/c1-25-19-5-3-16(13-18(19)22-10-7-21-8-11-22)26(24)23-9-6-14-12-15(20)2-4-17(14)23/h2-6,9,12-13,21H,7-8,10-11H2,1H3. The van der Waals surface area contributed by atoms with E-state index in [-0.39, 0.29) is 5.82 Å². The minimum Gasteiger partial charge on any atom is -0.587 e. The van der Waals surface area contributed by atoms with E-state index < -0.39 is 11.4 Å². The number of methoxy groups -OCH3 is 1. The van der Waals surface area contributed by atoms with Gasteiger partial charge >= 0.3 is 0 Å². The van der Waals surface area contributed by atoms with Gasteiger partial charge in [-0.15, -0.1) is 0 Å². The first-order valence-corrected chi connectivity index (χ1v) is 9.60. The van der Waals surface area contributed by atoms with E-state index in [0.717, 1.165) is 48.5 Å². The summed E-state index contributed by atoms with van der Waals surface area (Å²) >= 11 is -1.43. The van der Waals surface area contributed by atoms with E-state index >= 15 is 0 Å². The Balaban J connectivity index is 1.72. The molecule has 1 atom stereocenters. The van der Waals surface area contributed by atoms with Crippen molar-refractivity contribution in [2.75, 3.05) is 38.2 Å². The third kappa shape index (κ3) is 3.13. The van der Waals surface area contributed by atoms with Crippen molar-refractivity contribution < 1.29 is 13.7 Å². The van der Waals surface area contributed by atoms with E-state index in [1.165, 1.54) is 12.1 Å². The summed E-state index contributed by atoms with van der Waals surface area (Å²) in [4.78, 5) is 2.92. The van der Waals surface area contributed by atoms with Crippen LogP contribution in [0, 0.1) is 5.82 Å². The minimum absolute atomic E-state index is 0.300. The molecule has 7 heteroatoms. The van der Waals surface area contributed by atoms with Gasteiger partial charge in [0.25, 0.3) is 0 Å². The van der Waals surface area contributed by atoms with Gasteiger partial charge in [0.1, 0.15) is 22.9 Å². The fourth-order valence-electron chi connectivity index (χ4n) is 3.28. The monoisotopic (exact) mass is 373 g/mol. The third-order valence-electron chi connectivity index (χ3n) is 4.60. The number of fused-ring (bicyclic) bond motifs is 1. The molecule has 1 saturated heterocycles. The molecule has 0 aliphatic carbocycles. The number of piperazine rings is 1. The predicted octanol–water partition coefficient (Wildman–Crippen LogP) is 2.77. The minimum atomic E-state index is -1.43. The first-order valence-electron chi connectivity index (χ1n) is 8.50. The first-order chi connectivity index (χ1) is 12.7. The number of halogens is 1. The van der Waals surface area contributed by atoms with Gasteiger partial charge in [0.15, 0.2) is 4.90 Å². The highest BCUT2D eigenvalue weighted by Crippen LogP contribution is 2.32. The van der Waals surface area contributed by atoms with Gasteiger partial charge in [-0.2, -0.15) is 3.97 Å². The molecule has 0 amide bonds. The Morgan fingerprint density at radius 2 is 1.92 bits per heavy atom. The third-order valence-corrected chi connectivity index (χ3v) is 5.94. The summed E-state index contributed by atoms with van der Waals surface area (Å²) in [5.74, 6) is 0.471. The lowest BCUT2D eigenvalue weighted by atomic mass is 10.2. The lowest BCUT2D eigenvalue weighted by Gasteiger charge is -2.30. The van der Waals surface area contributed by atoms with Crippen LogP contribution in [0.15, 0.2) is 53.6 Å². The van der Waals surface area contributed by atoms with Crippen LogP contribution in [-0.2, 0) is 11.4 Å². The average Bonchev–Trinajstić information content (AvgIpc) is 3.10. The molecule has 0 spiro atoms. The molecule has 1 unspecified atom stereocenters. The van der Waals surface area contributed by atoms with E-state index in [4.69, 9.17) is 4.74 Å². The van der Waals surface area contributed by atoms with Gasteiger partial charge in [0, 0.05) is 37.6 Å². The SMILES string of the molecule is COc1ccc([S+]([O-])n2ccc3cc(F)ccc32)cc1N1CCNCC1. The number of ether oxygens (including phenoxy) is 1. The summed E-state index contributed by atoms with van der Waals surface area (Å²) in [6, 6.07) is 11.9. The normalized spacial score (nSPS) is 16.0. The van der Waals surface area contributed by atoms with Crippen LogP contribution >= 0.6 is 0 Å². The lowest BCUT2D eigenvalue weighted by molar-refractivity contribution is 0.412. The molecule has 2 aromatic carbocycles. The molecular weight excluding hydrogens is 353 g/mol. The maximum absolute atomic E-state index is 13.4. The summed E-state index contributed by atoms with van der Waals surface area (Å²) in [7, 11) is 1.64. The molecule has 136 valence electrons. The number of anilines is 1. The van der Waals surface area contributed by atoms with Crippen molar-refractivity contribution >= 4 is 28.0 Å². The van der Waals surface area contributed by atoms with Gasteiger partial charge in [0.2, 0.25) is 0 Å². The predicted molar refractivity (Wildman–Crippen MR) is 102 cm³/mol. The molecule has 1 aliphatic heterocycles. The summed E-state index contributed by atoms with van der Waals surface area (Å²) in [5, 5.41) is 4.06. The van der Waals surface area contributed by atoms with E-state index in [9.17, 15) is 8.94 Å². The molecule has 1 fully saturated rings. The second kappa shape index (κ2) is 7.19. The number of nitrogens with zero attached hydrogens (tertiary/aromatic N) is 2. The Bertz CT molecular complexity index is 924. The lowest BCUT2D eigenvalue weighted by Crippen LogP contribution is -2.43. The van der Waals surface area contributed by atoms with E-state index in [2.05, 4.69) is 10.2 Å². The summed E-state index contributed by atoms with van der Waals surface area (Å²) in [6.45, 7) is 3.56. The number of aromatic nitrogens is 1. The van der Waals surface area contributed by atoms with Crippen molar-refractivity contribution in [2.45, 2.75) is 4.90 Å². The number of hydrogen-bond acceptors (Lipinski definition) is 4. The van der Waals surface area contributed by atoms with Crippen LogP contribution in [0.5, 0.6) is 5.75 Å². The number of benzene rings is 2. The van der Waals surface area contributed by atoms with Gasteiger partial charge in [-0.1, -0.05) is 0 Å². The number of nitrogens with one attached hydrogen (secondary N) is 1. The average molecular weight is 373 g/mol. The highest BCUT2D eigenvalue weighted by atomic mass is 32.2. The molecule has 26 heavy (non-hydrogen) atoms. The van der Waals surface area contributed by atoms with E-state index in [0.29, 0.717) is 4.90 Å². The molecule has 4 rings (SSSR count). The van der Waals surface area contributed by atoms with Gasteiger partial charge < -0.3 is 19.5 Å². The molecule has 1 aliphatic rings. The van der Waals surface area contributed by atoms with Crippen LogP contribution < -0.4 is 15.0 Å². The fraction of sp³-hybridized carbons (Fsp3) is 0.263. The molecule has 5 nitrogen and oxygen atoms in total. The smallest absolute Gasteiger partial charge is 0.182 e. The maximum atomic E-state index is 13.4. The van der Waals surface area contributed by atoms with Crippen molar-refractivity contribution in [1.29, 1.82) is 0 Å². The van der Waals surface area contributed by atoms with Crippen LogP contribution in [0.3, 0.4) is 0 Å². The first kappa shape index (κ1) is 17.2. The van der Waals surface area contributed by atoms with Crippen molar-refractivity contribution in [3.05, 3.63) is 54.5 Å². The summed E-state index contributed by atoms with van der Waals surface area (Å²) in [5.41, 5.74) is 1.69. The zero-order chi connectivity index (χ0) is 18.1. The Labute approximate surface area is 154 Å². The maximum Gasteiger partial charge on any atom is 0.182 e. The van der Waals surface area contributed by atoms with Crippen LogP contribution in [0.1, 0.15) is 0 Å². The van der Waals surface area contributed by atoms with Crippen LogP contribution in [0.4, 0.5) is 10.1 Å². The Hall–Kier alpha value is -2.22. The topological polar surface area (TPSA) is 52.5 Å². The van der Waals surface area contributed by atoms with Crippen LogP contribution in [0.25, 0.3) is 10.9 Å². The second-order valence-corrected chi connectivity index (χ2v) is 7.53. The summed E-state index contributed by atoms with van der Waals surface area (Å²) in [6.07, 6.45) is 1.73. The zero-order valence-corrected chi connectivity index (χ0v) is 15.3. The Morgan fingerprint density at radius 3 is 2.69 bits per heavy atom. The van der Waals surface area contributed by atoms with Gasteiger partial charge in [-0.25, -0.2) is 4.39 Å². The van der Waals surface area contributed by atoms with Crippen molar-refractivity contribution in [3.8, 4) is 5.75 Å². The van der Waals surface area contributed by atoms with Crippen molar-refractivity contribution in [2.24, 2.45) is 0 Å². The van der Waals surface area contributed by atoms with Gasteiger partial charge in [-0.05, 0) is 36.4 Å². The highest BCUT2D eigenvalue weighted by molar-refractivity contribution is 7.90. The second-order valence-electron chi connectivity index (χ2n) is 6.16. The highest BCUT2D eigenvalue weighted by Gasteiger charge is 2.22. The largest absolute Gasteiger partial charge is 0.587 e. The van der Waals surface area contributed by atoms with Crippen LogP contribution in [0.2, 0.25) is 0 Å². The molecule has 1 aromatic heterocycles. The zero-order valence-electron chi connectivity index (χ0n) is 14.4. The van der Waals surface area contributed by atoms with Gasteiger partial charge in [-0.3, -0.25) is 0 Å². The Morgan fingerprint density at radius 1 is 1.12 bits per heavy atom. The molecule has 1 N–H and O–H groups in total. The summed E-state index contributed by atoms with van der Waals surface area (Å²) < 4.78 is 33.7. The van der Waals surface area contributed by atoms with Crippen molar-refractivity contribution in [3.63, 3.8) is 0 Å². The quantitative estimate of drug-likeness (QED) is 0.715. The molecule has 0 saturated carbocycles. The number of rotatable bonds is 4. The fourth-order valence-corrected chi connectivity index (χ4v) is 4.42. The van der Waals surface area contributed by atoms with Crippen LogP contribution in [-0.4, -0.2) is 41.8 Å². The van der Waals surface area contributed by atoms with Crippen molar-refractivity contribution in [1.82, 2.24) is 9.29 Å². The molecular formula is C19H20FN3O2S. The number of hydrogen-bond donors (Lipinski definition) is 1. The molecule has 2 heterocycles. The van der Waals surface area contributed by atoms with E-state index in [1.54, 1.807) is 29.4 Å². The Kier molecular flexibility index (Phi) is 4.76. The van der Waals surface area contributed by atoms with E-state index in [1.807, 2.05) is 18.2 Å². The van der Waals surface area contributed by atoms with Gasteiger partial charge in [0.05, 0.1) is 24.5 Å². The molecule has 3 aromatic rings. The molecule has 0 bridgehead atoms.